The highest BCUT2D eigenvalue weighted by Gasteiger charge is 2.13. The molecule has 2 aromatic rings. The maximum Gasteiger partial charge on any atom is 0.252 e. The second kappa shape index (κ2) is 12.3. The third kappa shape index (κ3) is 7.12. The summed E-state index contributed by atoms with van der Waals surface area (Å²) >= 11 is 0. The first-order chi connectivity index (χ1) is 13.4. The molecular weight excluding hydrogens is 348 g/mol. The fourth-order valence-corrected chi connectivity index (χ4v) is 3.31. The minimum absolute atomic E-state index is 0.448. The summed E-state index contributed by atoms with van der Waals surface area (Å²) in [6, 6.07) is 8.82. The number of hydrogen-bond donors (Lipinski definition) is 3. The van der Waals surface area contributed by atoms with Crippen LogP contribution in [0.1, 0.15) is 76.2 Å². The number of aromatic nitrogens is 1. The van der Waals surface area contributed by atoms with E-state index in [1.54, 1.807) is 0 Å². The normalized spacial score (nSPS) is 12.8. The Labute approximate surface area is 170 Å². The van der Waals surface area contributed by atoms with Crippen LogP contribution in [0, 0.1) is 6.92 Å². The number of nitrogens with two attached hydrogens (primary N) is 1. The van der Waals surface area contributed by atoms with Gasteiger partial charge in [0.2, 0.25) is 0 Å². The van der Waals surface area contributed by atoms with Crippen LogP contribution in [0.4, 0.5) is 5.82 Å². The SMILES string of the molecule is CC.CCCC(C)NC(CC)CCNc1nc2ccc(C)cc2cc1C(N)=O. The van der Waals surface area contributed by atoms with Crippen molar-refractivity contribution in [3.8, 4) is 0 Å². The van der Waals surface area contributed by atoms with E-state index in [1.165, 1.54) is 12.8 Å². The molecule has 5 nitrogen and oxygen atoms in total. The van der Waals surface area contributed by atoms with Gasteiger partial charge in [0.05, 0.1) is 11.1 Å². The summed E-state index contributed by atoms with van der Waals surface area (Å²) in [7, 11) is 0. The standard InChI is InChI=1S/C21H32N4O.C2H6/c1-5-7-15(4)24-17(6-2)10-11-23-21-18(20(22)26)13-16-12-14(3)8-9-19(16)25-21;1-2/h8-9,12-13,15,17,24H,5-7,10-11H2,1-4H3,(H2,22,26)(H,23,25);1-2H3. The summed E-state index contributed by atoms with van der Waals surface area (Å²) in [5, 5.41) is 7.93. The van der Waals surface area contributed by atoms with E-state index in [-0.39, 0.29) is 0 Å². The third-order valence-corrected chi connectivity index (χ3v) is 4.76. The summed E-state index contributed by atoms with van der Waals surface area (Å²) in [4.78, 5) is 16.5. The first-order valence-electron chi connectivity index (χ1n) is 10.7. The maximum absolute atomic E-state index is 11.9. The Bertz CT molecular complexity index is 745. The lowest BCUT2D eigenvalue weighted by Gasteiger charge is -2.22. The molecule has 5 heteroatoms. The predicted octanol–water partition coefficient (Wildman–Crippen LogP) is 5.03. The number of benzene rings is 1. The van der Waals surface area contributed by atoms with Crippen molar-refractivity contribution < 1.29 is 4.79 Å². The number of nitrogens with zero attached hydrogens (tertiary/aromatic N) is 1. The number of anilines is 1. The molecule has 28 heavy (non-hydrogen) atoms. The zero-order valence-corrected chi connectivity index (χ0v) is 18.4. The lowest BCUT2D eigenvalue weighted by atomic mass is 10.1. The second-order valence-electron chi connectivity index (χ2n) is 7.12. The monoisotopic (exact) mass is 386 g/mol. The summed E-state index contributed by atoms with van der Waals surface area (Å²) in [5.74, 6) is 0.121. The average molecular weight is 387 g/mol. The van der Waals surface area contributed by atoms with Crippen LogP contribution in [-0.4, -0.2) is 29.5 Å². The smallest absolute Gasteiger partial charge is 0.252 e. The fourth-order valence-electron chi connectivity index (χ4n) is 3.31. The molecule has 0 saturated heterocycles. The number of aryl methyl sites for hydroxylation is 1. The summed E-state index contributed by atoms with van der Waals surface area (Å²) in [6.07, 6.45) is 4.41. The van der Waals surface area contributed by atoms with Gasteiger partial charge in [-0.15, -0.1) is 0 Å². The number of amides is 1. The van der Waals surface area contributed by atoms with Gasteiger partial charge in [-0.05, 0) is 51.3 Å². The molecule has 0 bridgehead atoms. The average Bonchev–Trinajstić information content (AvgIpc) is 2.68. The van der Waals surface area contributed by atoms with Crippen LogP contribution in [0.3, 0.4) is 0 Å². The lowest BCUT2D eigenvalue weighted by molar-refractivity contribution is 0.100. The van der Waals surface area contributed by atoms with Crippen molar-refractivity contribution in [1.82, 2.24) is 10.3 Å². The zero-order chi connectivity index (χ0) is 21.1. The Morgan fingerprint density at radius 3 is 2.50 bits per heavy atom. The van der Waals surface area contributed by atoms with Crippen molar-refractivity contribution in [3.05, 3.63) is 35.4 Å². The quantitative estimate of drug-likeness (QED) is 0.535. The molecule has 1 aromatic heterocycles. The van der Waals surface area contributed by atoms with Crippen molar-refractivity contribution in [3.63, 3.8) is 0 Å². The second-order valence-corrected chi connectivity index (χ2v) is 7.12. The molecule has 2 unspecified atom stereocenters. The summed E-state index contributed by atoms with van der Waals surface area (Å²) in [5.41, 5.74) is 8.02. The van der Waals surface area contributed by atoms with Gasteiger partial charge in [-0.2, -0.15) is 0 Å². The number of fused-ring (bicyclic) bond motifs is 1. The Kier molecular flexibility index (Phi) is 10.5. The Balaban J connectivity index is 0.00000190. The number of carbonyl (C=O) groups is 1. The molecular formula is C23H38N4O. The van der Waals surface area contributed by atoms with E-state index >= 15 is 0 Å². The van der Waals surface area contributed by atoms with Gasteiger partial charge in [0.15, 0.2) is 0 Å². The summed E-state index contributed by atoms with van der Waals surface area (Å²) < 4.78 is 0. The molecule has 2 atom stereocenters. The molecule has 1 amide bonds. The molecule has 0 spiro atoms. The topological polar surface area (TPSA) is 80.0 Å². The minimum Gasteiger partial charge on any atom is -0.369 e. The van der Waals surface area contributed by atoms with E-state index in [9.17, 15) is 4.79 Å². The molecule has 0 radical (unpaired) electrons. The Morgan fingerprint density at radius 2 is 1.89 bits per heavy atom. The van der Waals surface area contributed by atoms with E-state index in [1.807, 2.05) is 45.0 Å². The largest absolute Gasteiger partial charge is 0.369 e. The number of nitrogens with one attached hydrogen (secondary N) is 2. The lowest BCUT2D eigenvalue weighted by Crippen LogP contribution is -2.37. The van der Waals surface area contributed by atoms with Crippen molar-refractivity contribution in [1.29, 1.82) is 0 Å². The molecule has 1 heterocycles. The van der Waals surface area contributed by atoms with Crippen LogP contribution >= 0.6 is 0 Å². The van der Waals surface area contributed by atoms with Crippen LogP contribution in [0.15, 0.2) is 24.3 Å². The van der Waals surface area contributed by atoms with Gasteiger partial charge >= 0.3 is 0 Å². The van der Waals surface area contributed by atoms with E-state index in [0.717, 1.165) is 35.9 Å². The van der Waals surface area contributed by atoms with Gasteiger partial charge in [0.25, 0.3) is 5.91 Å². The van der Waals surface area contributed by atoms with Gasteiger partial charge in [0.1, 0.15) is 5.82 Å². The van der Waals surface area contributed by atoms with Gasteiger partial charge in [-0.25, -0.2) is 4.98 Å². The van der Waals surface area contributed by atoms with Gasteiger partial charge in [-0.1, -0.05) is 45.7 Å². The van der Waals surface area contributed by atoms with E-state index < -0.39 is 5.91 Å². The molecule has 1 aromatic carbocycles. The number of rotatable bonds is 10. The van der Waals surface area contributed by atoms with Crippen LogP contribution in [0.2, 0.25) is 0 Å². The molecule has 4 N–H and O–H groups in total. The van der Waals surface area contributed by atoms with Crippen LogP contribution < -0.4 is 16.4 Å². The molecule has 0 aliphatic heterocycles. The van der Waals surface area contributed by atoms with Gasteiger partial charge < -0.3 is 16.4 Å². The molecule has 156 valence electrons. The van der Waals surface area contributed by atoms with Crippen LogP contribution in [0.5, 0.6) is 0 Å². The number of primary amides is 1. The van der Waals surface area contributed by atoms with E-state index in [4.69, 9.17) is 5.73 Å². The maximum atomic E-state index is 11.9. The number of hydrogen-bond acceptors (Lipinski definition) is 4. The van der Waals surface area contributed by atoms with Crippen LogP contribution in [0.25, 0.3) is 10.9 Å². The first-order valence-corrected chi connectivity index (χ1v) is 10.7. The molecule has 0 aliphatic rings. The van der Waals surface area contributed by atoms with Crippen molar-refractivity contribution in [2.45, 2.75) is 79.3 Å². The van der Waals surface area contributed by atoms with Gasteiger partial charge in [-0.3, -0.25) is 4.79 Å². The van der Waals surface area contributed by atoms with Crippen molar-refractivity contribution >= 4 is 22.6 Å². The van der Waals surface area contributed by atoms with E-state index in [0.29, 0.717) is 23.5 Å². The molecule has 0 saturated carbocycles. The first kappa shape index (κ1) is 23.9. The number of carbonyl (C=O) groups excluding carboxylic acids is 1. The highest BCUT2D eigenvalue weighted by Crippen LogP contribution is 2.21. The minimum atomic E-state index is -0.454. The predicted molar refractivity (Wildman–Crippen MR) is 121 cm³/mol. The van der Waals surface area contributed by atoms with Crippen molar-refractivity contribution in [2.24, 2.45) is 5.73 Å². The third-order valence-electron chi connectivity index (χ3n) is 4.76. The van der Waals surface area contributed by atoms with Gasteiger partial charge in [0, 0.05) is 24.0 Å². The molecule has 0 aliphatic carbocycles. The fraction of sp³-hybridized carbons (Fsp3) is 0.565. The molecule has 2 rings (SSSR count). The highest BCUT2D eigenvalue weighted by molar-refractivity contribution is 6.01. The highest BCUT2D eigenvalue weighted by atomic mass is 16.1. The van der Waals surface area contributed by atoms with E-state index in [2.05, 4.69) is 36.4 Å². The van der Waals surface area contributed by atoms with Crippen molar-refractivity contribution in [2.75, 3.05) is 11.9 Å². The Morgan fingerprint density at radius 1 is 1.18 bits per heavy atom. The molecule has 0 fully saturated rings. The zero-order valence-electron chi connectivity index (χ0n) is 18.4. The summed E-state index contributed by atoms with van der Waals surface area (Å²) in [6.45, 7) is 13.4. The van der Waals surface area contributed by atoms with Crippen LogP contribution in [-0.2, 0) is 0 Å². The number of pyridine rings is 1. The Hall–Kier alpha value is -2.14.